The summed E-state index contributed by atoms with van der Waals surface area (Å²) in [6.45, 7) is 7.27. The van der Waals surface area contributed by atoms with Crippen molar-refractivity contribution in [3.8, 4) is 0 Å². The third-order valence-corrected chi connectivity index (χ3v) is 4.97. The second-order valence-corrected chi connectivity index (χ2v) is 6.50. The predicted molar refractivity (Wildman–Crippen MR) is 88.0 cm³/mol. The second kappa shape index (κ2) is 7.17. The van der Waals surface area contributed by atoms with Crippen LogP contribution in [0, 0.1) is 0 Å². The highest BCUT2D eigenvalue weighted by Crippen LogP contribution is 2.21. The Bertz CT molecular complexity index is 602. The molecule has 3 rings (SSSR count). The van der Waals surface area contributed by atoms with Gasteiger partial charge in [0.05, 0.1) is 16.8 Å². The van der Waals surface area contributed by atoms with Crippen molar-refractivity contribution < 1.29 is 9.53 Å². The molecule has 0 bridgehead atoms. The molecule has 1 saturated heterocycles. The zero-order chi connectivity index (χ0) is 15.4. The molecular weight excluding hydrogens is 298 g/mol. The first-order chi connectivity index (χ1) is 10.8. The van der Waals surface area contributed by atoms with Crippen molar-refractivity contribution in [2.75, 3.05) is 39.3 Å². The van der Waals surface area contributed by atoms with Crippen molar-refractivity contribution in [3.05, 3.63) is 29.3 Å². The molecule has 0 atom stereocenters. The minimum Gasteiger partial charge on any atom is -0.364 e. The molecule has 0 saturated carbocycles. The third kappa shape index (κ3) is 3.63. The van der Waals surface area contributed by atoms with Gasteiger partial charge in [0, 0.05) is 26.2 Å². The maximum absolute atomic E-state index is 12.1. The molecule has 1 aliphatic heterocycles. The number of carbonyl (C=O) groups is 1. The van der Waals surface area contributed by atoms with E-state index in [1.165, 1.54) is 0 Å². The number of para-hydroxylation sites is 1. The number of thiazole rings is 1. The van der Waals surface area contributed by atoms with Crippen LogP contribution < -0.4 is 0 Å². The summed E-state index contributed by atoms with van der Waals surface area (Å²) in [5.41, 5.74) is 0.994. The van der Waals surface area contributed by atoms with Gasteiger partial charge in [-0.25, -0.2) is 4.98 Å². The topological polar surface area (TPSA) is 45.7 Å². The molecule has 1 aromatic carbocycles. The van der Waals surface area contributed by atoms with E-state index in [0.29, 0.717) is 6.61 Å². The van der Waals surface area contributed by atoms with E-state index in [4.69, 9.17) is 4.74 Å². The third-order valence-electron chi connectivity index (χ3n) is 3.96. The molecule has 0 aliphatic carbocycles. The van der Waals surface area contributed by atoms with E-state index >= 15 is 0 Å². The van der Waals surface area contributed by atoms with E-state index < -0.39 is 0 Å². The largest absolute Gasteiger partial charge is 0.364 e. The fourth-order valence-corrected chi connectivity index (χ4v) is 3.52. The number of hydrogen-bond acceptors (Lipinski definition) is 5. The summed E-state index contributed by atoms with van der Waals surface area (Å²) in [7, 11) is 0. The first-order valence-corrected chi connectivity index (χ1v) is 8.50. The number of amides is 1. The van der Waals surface area contributed by atoms with Gasteiger partial charge in [0.15, 0.2) is 0 Å². The molecule has 1 aliphatic rings. The molecule has 5 nitrogen and oxygen atoms in total. The highest BCUT2D eigenvalue weighted by molar-refractivity contribution is 7.18. The van der Waals surface area contributed by atoms with Gasteiger partial charge in [0.1, 0.15) is 11.6 Å². The Kier molecular flexibility index (Phi) is 5.02. The molecule has 1 fully saturated rings. The Morgan fingerprint density at radius 2 is 2.05 bits per heavy atom. The summed E-state index contributed by atoms with van der Waals surface area (Å²) >= 11 is 1.62. The minimum absolute atomic E-state index is 0.0804. The molecule has 0 radical (unpaired) electrons. The number of hydrogen-bond donors (Lipinski definition) is 0. The van der Waals surface area contributed by atoms with Gasteiger partial charge in [-0.15, -0.1) is 11.3 Å². The smallest absolute Gasteiger partial charge is 0.248 e. The summed E-state index contributed by atoms with van der Waals surface area (Å²) < 4.78 is 6.72. The van der Waals surface area contributed by atoms with Gasteiger partial charge >= 0.3 is 0 Å². The Balaban J connectivity index is 1.45. The minimum atomic E-state index is 0.0804. The molecule has 1 aromatic heterocycles. The lowest BCUT2D eigenvalue weighted by Crippen LogP contribution is -2.49. The summed E-state index contributed by atoms with van der Waals surface area (Å²) in [4.78, 5) is 20.9. The number of aromatic nitrogens is 1. The molecule has 2 aromatic rings. The highest BCUT2D eigenvalue weighted by atomic mass is 32.1. The number of likely N-dealkylation sites (N-methyl/N-ethyl adjacent to an activating group) is 1. The Morgan fingerprint density at radius 1 is 1.27 bits per heavy atom. The Morgan fingerprint density at radius 3 is 2.77 bits per heavy atom. The monoisotopic (exact) mass is 319 g/mol. The van der Waals surface area contributed by atoms with Crippen LogP contribution in [-0.2, 0) is 16.1 Å². The fraction of sp³-hybridized carbons (Fsp3) is 0.500. The number of nitrogens with zero attached hydrogens (tertiary/aromatic N) is 3. The van der Waals surface area contributed by atoms with Crippen molar-refractivity contribution >= 4 is 27.5 Å². The number of piperazine rings is 1. The molecular formula is C16H21N3O2S. The quantitative estimate of drug-likeness (QED) is 0.845. The first-order valence-electron chi connectivity index (χ1n) is 7.68. The van der Waals surface area contributed by atoms with E-state index in [9.17, 15) is 4.79 Å². The number of carbonyl (C=O) groups excluding carboxylic acids is 1. The lowest BCUT2D eigenvalue weighted by Gasteiger charge is -2.33. The SMILES string of the molecule is CCN1CCN(C(=O)COCc2nc3ccccc3s2)CC1. The van der Waals surface area contributed by atoms with E-state index in [0.717, 1.165) is 47.9 Å². The number of fused-ring (bicyclic) bond motifs is 1. The molecule has 118 valence electrons. The predicted octanol–water partition coefficient (Wildman–Crippen LogP) is 1.98. The van der Waals surface area contributed by atoms with E-state index in [2.05, 4.69) is 22.9 Å². The van der Waals surface area contributed by atoms with Crippen LogP contribution in [0.3, 0.4) is 0 Å². The van der Waals surface area contributed by atoms with Gasteiger partial charge in [-0.3, -0.25) is 4.79 Å². The molecule has 1 amide bonds. The zero-order valence-corrected chi connectivity index (χ0v) is 13.6. The summed E-state index contributed by atoms with van der Waals surface area (Å²) in [5.74, 6) is 0.0804. The average Bonchev–Trinajstić information content (AvgIpc) is 2.97. The average molecular weight is 319 g/mol. The molecule has 2 heterocycles. The van der Waals surface area contributed by atoms with Crippen LogP contribution in [0.4, 0.5) is 0 Å². The van der Waals surface area contributed by atoms with Gasteiger partial charge in [-0.2, -0.15) is 0 Å². The van der Waals surface area contributed by atoms with Crippen molar-refractivity contribution in [1.82, 2.24) is 14.8 Å². The Labute approximate surface area is 134 Å². The summed E-state index contributed by atoms with van der Waals surface area (Å²) in [6, 6.07) is 8.03. The second-order valence-electron chi connectivity index (χ2n) is 5.38. The Hall–Kier alpha value is -1.50. The fourth-order valence-electron chi connectivity index (χ4n) is 2.61. The maximum atomic E-state index is 12.1. The molecule has 0 N–H and O–H groups in total. The maximum Gasteiger partial charge on any atom is 0.248 e. The number of ether oxygens (including phenoxy) is 1. The van der Waals surface area contributed by atoms with Crippen molar-refractivity contribution in [2.24, 2.45) is 0 Å². The first kappa shape index (κ1) is 15.4. The van der Waals surface area contributed by atoms with E-state index in [1.807, 2.05) is 23.1 Å². The number of benzene rings is 1. The van der Waals surface area contributed by atoms with Crippen molar-refractivity contribution in [1.29, 1.82) is 0 Å². The summed E-state index contributed by atoms with van der Waals surface area (Å²) in [5, 5.41) is 0.921. The van der Waals surface area contributed by atoms with Crippen LogP contribution in [0.5, 0.6) is 0 Å². The van der Waals surface area contributed by atoms with Crippen molar-refractivity contribution in [2.45, 2.75) is 13.5 Å². The summed E-state index contributed by atoms with van der Waals surface area (Å²) in [6.07, 6.45) is 0. The normalized spacial score (nSPS) is 16.3. The van der Waals surface area contributed by atoms with Gasteiger partial charge < -0.3 is 14.5 Å². The van der Waals surface area contributed by atoms with Gasteiger partial charge in [0.2, 0.25) is 5.91 Å². The van der Waals surface area contributed by atoms with Crippen LogP contribution >= 0.6 is 11.3 Å². The molecule has 0 unspecified atom stereocenters. The lowest BCUT2D eigenvalue weighted by molar-refractivity contribution is -0.138. The lowest BCUT2D eigenvalue weighted by atomic mass is 10.3. The standard InChI is InChI=1S/C16H21N3O2S/c1-2-18-7-9-19(10-8-18)16(20)12-21-11-15-17-13-5-3-4-6-14(13)22-15/h3-6H,2,7-12H2,1H3. The zero-order valence-electron chi connectivity index (χ0n) is 12.8. The van der Waals surface area contributed by atoms with Crippen LogP contribution in [0.15, 0.2) is 24.3 Å². The van der Waals surface area contributed by atoms with Crippen LogP contribution in [-0.4, -0.2) is 60.0 Å². The van der Waals surface area contributed by atoms with Crippen LogP contribution in [0.1, 0.15) is 11.9 Å². The highest BCUT2D eigenvalue weighted by Gasteiger charge is 2.20. The van der Waals surface area contributed by atoms with Gasteiger partial charge in [0.25, 0.3) is 0 Å². The molecule has 22 heavy (non-hydrogen) atoms. The van der Waals surface area contributed by atoms with Gasteiger partial charge in [-0.1, -0.05) is 19.1 Å². The van der Waals surface area contributed by atoms with Gasteiger partial charge in [-0.05, 0) is 18.7 Å². The molecule has 0 spiro atoms. The van der Waals surface area contributed by atoms with E-state index in [-0.39, 0.29) is 12.5 Å². The van der Waals surface area contributed by atoms with Crippen molar-refractivity contribution in [3.63, 3.8) is 0 Å². The van der Waals surface area contributed by atoms with Crippen LogP contribution in [0.25, 0.3) is 10.2 Å². The van der Waals surface area contributed by atoms with Crippen LogP contribution in [0.2, 0.25) is 0 Å². The number of rotatable bonds is 5. The van der Waals surface area contributed by atoms with E-state index in [1.54, 1.807) is 11.3 Å². The molecule has 6 heteroatoms.